The summed E-state index contributed by atoms with van der Waals surface area (Å²) in [5.41, 5.74) is -10.7. The van der Waals surface area contributed by atoms with Gasteiger partial charge in [-0.1, -0.05) is 77.9 Å². The van der Waals surface area contributed by atoms with E-state index in [2.05, 4.69) is 16.3 Å². The first kappa shape index (κ1) is 66.8. The van der Waals surface area contributed by atoms with Gasteiger partial charge in [0, 0.05) is 73.8 Å². The van der Waals surface area contributed by atoms with Gasteiger partial charge in [-0.05, 0) is 74.3 Å². The molecule has 3 unspecified atom stereocenters. The molecule has 6 fully saturated rings. The van der Waals surface area contributed by atoms with Crippen LogP contribution in [-0.4, -0.2) is 171 Å². The molecule has 18 atom stereocenters. The molecule has 2 aromatic carbocycles. The van der Waals surface area contributed by atoms with Crippen LogP contribution in [0.25, 0.3) is 0 Å². The van der Waals surface area contributed by atoms with Crippen LogP contribution in [0.4, 0.5) is 9.59 Å². The number of ether oxygens (including phenoxy) is 9. The topological polar surface area (TPSA) is 321 Å². The highest BCUT2D eigenvalue weighted by Gasteiger charge is 2.80. The van der Waals surface area contributed by atoms with Crippen molar-refractivity contribution in [2.75, 3.05) is 27.4 Å². The Morgan fingerprint density at radius 2 is 0.943 bits per heavy atom. The van der Waals surface area contributed by atoms with E-state index in [0.29, 0.717) is 22.3 Å². The van der Waals surface area contributed by atoms with Crippen LogP contribution in [0.1, 0.15) is 129 Å². The minimum absolute atomic E-state index is 0.0182. The third kappa shape index (κ3) is 10.4. The zero-order valence-corrected chi connectivity index (χ0v) is 52.3. The monoisotopic (exact) mass is 1240 g/mol. The van der Waals surface area contributed by atoms with E-state index >= 15 is 0 Å². The molecule has 0 radical (unpaired) electrons. The van der Waals surface area contributed by atoms with E-state index in [1.165, 1.54) is 21.0 Å². The third-order valence-electron chi connectivity index (χ3n) is 21.0. The van der Waals surface area contributed by atoms with Crippen LogP contribution >= 0.6 is 11.6 Å². The molecule has 22 nitrogen and oxygen atoms in total. The number of Topliss-reactive ketones (excluding diaryl/α,β-unsaturated/α-hetero) is 2. The number of aliphatic hydroxyl groups is 5. The number of fused-ring (bicyclic) bond motifs is 10. The number of ketones is 2. The number of carbonyl (C=O) groups excluding carboxylic acids is 8. The van der Waals surface area contributed by atoms with Gasteiger partial charge in [-0.25, -0.2) is 19.2 Å². The molecular weight excluding hydrogens is 1160 g/mol. The minimum atomic E-state index is -1.98. The molecule has 476 valence electrons. The average Bonchev–Trinajstić information content (AvgIpc) is 0.683. The Balaban J connectivity index is 0.000000210. The molecule has 0 aromatic heterocycles. The maximum Gasteiger partial charge on any atom is 0.508 e. The van der Waals surface area contributed by atoms with Gasteiger partial charge in [0.05, 0.1) is 79.5 Å². The molecule has 87 heavy (non-hydrogen) atoms. The molecule has 4 saturated carbocycles. The Morgan fingerprint density at radius 3 is 1.29 bits per heavy atom. The van der Waals surface area contributed by atoms with Crippen molar-refractivity contribution in [1.29, 1.82) is 0 Å². The second kappa shape index (κ2) is 23.7. The molecule has 2 heterocycles. The number of hydrogen-bond donors (Lipinski definition) is 5. The van der Waals surface area contributed by atoms with Gasteiger partial charge in [-0.3, -0.25) is 19.2 Å². The second-order valence-electron chi connectivity index (χ2n) is 26.0. The van der Waals surface area contributed by atoms with Crippen molar-refractivity contribution in [3.05, 3.63) is 94.1 Å². The summed E-state index contributed by atoms with van der Waals surface area (Å²) >= 11 is 4.60. The highest BCUT2D eigenvalue weighted by Crippen LogP contribution is 2.67. The Labute approximate surface area is 510 Å². The van der Waals surface area contributed by atoms with Gasteiger partial charge in [0.25, 0.3) is 0 Å². The fourth-order valence-electron chi connectivity index (χ4n) is 16.6. The van der Waals surface area contributed by atoms with Gasteiger partial charge < -0.3 is 68.2 Å². The van der Waals surface area contributed by atoms with Crippen molar-refractivity contribution in [3.8, 4) is 0 Å². The summed E-state index contributed by atoms with van der Waals surface area (Å²) < 4.78 is 50.5. The van der Waals surface area contributed by atoms with E-state index in [1.54, 1.807) is 130 Å². The lowest BCUT2D eigenvalue weighted by Crippen LogP contribution is -2.81. The van der Waals surface area contributed by atoms with E-state index in [1.807, 2.05) is 0 Å². The summed E-state index contributed by atoms with van der Waals surface area (Å²) in [6.07, 6.45) is -10.7. The Morgan fingerprint density at radius 1 is 0.575 bits per heavy atom. The highest BCUT2D eigenvalue weighted by molar-refractivity contribution is 6.61. The number of halogens is 1. The number of esters is 4. The molecule has 2 aromatic rings. The summed E-state index contributed by atoms with van der Waals surface area (Å²) in [6, 6.07) is 16.4. The molecule has 23 heteroatoms. The molecule has 2 aliphatic heterocycles. The first-order chi connectivity index (χ1) is 40.5. The standard InChI is InChI=1S/C32H40O11.C30H38O9.C2H3ClO2/c1-16-20(34)14-32(38)26(42-27(36)19-11-9-8-10-12-19)24-30(6,25(35)17(2)23(16)29(32,4)5)21(41-28(37)39-7)13-22-31(24,15-40-22)43-18(3)33;1-15-19(32)13-30(36)25(38-26(35)18-10-8-7-9-11-18)23-28(6,24(34)16(2)22(15)27(30,4)5)20(33)12-21-29(23,14-37-21)39-17(3)31;1-5-2(3)4/h8-12,17,20-22,24,26,34,38H,13-15H2,1-7H3;7-11,16,19-21,23,25,32-33,36H,12-14H2,1-6H3;1H3/t17-,20+,21?,22-,24?,26+,30-,31+,32-;16-,19+,20+,21-,23?,25+,28-,29+,30-;/m11./s1. The largest absolute Gasteiger partial charge is 0.508 e. The molecular formula is C64H81ClO22. The van der Waals surface area contributed by atoms with E-state index in [0.717, 1.165) is 7.11 Å². The summed E-state index contributed by atoms with van der Waals surface area (Å²) in [5.74, 6) is -7.63. The van der Waals surface area contributed by atoms with Crippen molar-refractivity contribution >= 4 is 58.6 Å². The maximum atomic E-state index is 14.9. The van der Waals surface area contributed by atoms with Gasteiger partial charge >= 0.3 is 35.5 Å². The van der Waals surface area contributed by atoms with Gasteiger partial charge in [0.15, 0.2) is 11.2 Å². The first-order valence-electron chi connectivity index (χ1n) is 29.1. The van der Waals surface area contributed by atoms with E-state index in [-0.39, 0.29) is 61.6 Å². The number of aliphatic hydroxyl groups excluding tert-OH is 3. The van der Waals surface area contributed by atoms with Crippen LogP contribution in [0.3, 0.4) is 0 Å². The number of carbonyl (C=O) groups is 8. The Bertz CT molecular complexity index is 3140. The van der Waals surface area contributed by atoms with Crippen molar-refractivity contribution in [2.24, 2.45) is 45.3 Å². The minimum Gasteiger partial charge on any atom is -0.457 e. The predicted molar refractivity (Wildman–Crippen MR) is 306 cm³/mol. The Kier molecular flexibility index (Phi) is 18.2. The van der Waals surface area contributed by atoms with Crippen molar-refractivity contribution < 1.29 is 107 Å². The maximum absolute atomic E-state index is 14.9. The summed E-state index contributed by atoms with van der Waals surface area (Å²) in [7, 11) is 2.36. The number of benzene rings is 2. The zero-order chi connectivity index (χ0) is 64.7. The SMILES string of the molecule is CC(=O)O[C@@]12CO[C@@H]1C[C@H](O)[C@@]1(C)C(=O)[C@H](C)C3=C(C)[C@@H](O)C[C@@](O)([C@@H](OC(=O)c4ccccc4)C12)C3(C)C.COC(=O)Cl.COC(=O)OC1C[C@H]2OC[C@@]2(OC(C)=O)C2[C@H](OC(=O)c3ccccc3)[C@]3(O)C[C@H](O)C(C)=C([C@@H](C)C(=O)[C@]12C)C3(C)C. The van der Waals surface area contributed by atoms with Crippen LogP contribution in [0, 0.1) is 45.3 Å². The van der Waals surface area contributed by atoms with Gasteiger partial charge in [0.2, 0.25) is 0 Å². The van der Waals surface area contributed by atoms with Crippen molar-refractivity contribution in [2.45, 2.75) is 180 Å². The average molecular weight is 1240 g/mol. The van der Waals surface area contributed by atoms with Crippen molar-refractivity contribution in [1.82, 2.24) is 0 Å². The molecule has 4 bridgehead atoms. The summed E-state index contributed by atoms with van der Waals surface area (Å²) in [4.78, 5) is 104. The third-order valence-corrected chi connectivity index (χ3v) is 21.2. The number of rotatable bonds is 7. The first-order valence-corrected chi connectivity index (χ1v) is 29.5. The van der Waals surface area contributed by atoms with Crippen LogP contribution in [0.5, 0.6) is 0 Å². The molecule has 10 rings (SSSR count). The Hall–Kier alpha value is -6.11. The number of hydrogen-bond acceptors (Lipinski definition) is 22. The molecule has 8 aliphatic rings. The fourth-order valence-corrected chi connectivity index (χ4v) is 16.6. The highest BCUT2D eigenvalue weighted by atomic mass is 35.5. The predicted octanol–water partition coefficient (Wildman–Crippen LogP) is 6.50. The molecule has 5 N–H and O–H groups in total. The lowest BCUT2D eigenvalue weighted by Gasteiger charge is -2.67. The molecule has 2 saturated heterocycles. The quantitative estimate of drug-likeness (QED) is 0.0855. The normalized spacial score (nSPS) is 39.1. The van der Waals surface area contributed by atoms with Gasteiger partial charge in [0.1, 0.15) is 53.3 Å². The van der Waals surface area contributed by atoms with E-state index < -0.39 is 152 Å². The molecule has 6 aliphatic carbocycles. The van der Waals surface area contributed by atoms with Crippen LogP contribution in [-0.2, 0) is 61.8 Å². The summed E-state index contributed by atoms with van der Waals surface area (Å²) in [5, 5.41) is 59.8. The summed E-state index contributed by atoms with van der Waals surface area (Å²) in [6.45, 7) is 19.4. The van der Waals surface area contributed by atoms with Crippen molar-refractivity contribution in [3.63, 3.8) is 0 Å². The molecule has 0 amide bonds. The van der Waals surface area contributed by atoms with Crippen LogP contribution in [0.2, 0.25) is 0 Å². The fraction of sp³-hybridized carbons (Fsp3) is 0.625. The van der Waals surface area contributed by atoms with E-state index in [9.17, 15) is 63.9 Å². The van der Waals surface area contributed by atoms with Crippen LogP contribution in [0.15, 0.2) is 83.0 Å². The van der Waals surface area contributed by atoms with E-state index in [4.69, 9.17) is 37.9 Å². The lowest BCUT2D eigenvalue weighted by molar-refractivity contribution is -0.345. The van der Waals surface area contributed by atoms with Gasteiger partial charge in [-0.2, -0.15) is 0 Å². The van der Waals surface area contributed by atoms with Crippen LogP contribution < -0.4 is 0 Å². The van der Waals surface area contributed by atoms with Gasteiger partial charge in [-0.15, -0.1) is 0 Å². The smallest absolute Gasteiger partial charge is 0.457 e. The second-order valence-corrected chi connectivity index (χ2v) is 26.3. The number of methoxy groups -OCH3 is 2. The zero-order valence-electron chi connectivity index (χ0n) is 51.5. The molecule has 0 spiro atoms. The lowest BCUT2D eigenvalue weighted by atomic mass is 9.43.